The average Bonchev–Trinajstić information content (AvgIpc) is 2.25. The Hall–Kier alpha value is -1.68. The summed E-state index contributed by atoms with van der Waals surface area (Å²) in [7, 11) is 0. The third kappa shape index (κ3) is 2.22. The fourth-order valence-electron chi connectivity index (χ4n) is 1.46. The maximum atomic E-state index is 11.4. The molecule has 4 heteroatoms. The van der Waals surface area contributed by atoms with Gasteiger partial charge in [-0.25, -0.2) is 0 Å². The molecule has 1 aromatic rings. The van der Waals surface area contributed by atoms with E-state index in [9.17, 15) is 9.59 Å². The summed E-state index contributed by atoms with van der Waals surface area (Å²) in [5, 5.41) is 0. The molecule has 0 spiro atoms. The fourth-order valence-corrected chi connectivity index (χ4v) is 1.46. The van der Waals surface area contributed by atoms with Crippen molar-refractivity contribution in [3.8, 4) is 0 Å². The molecule has 2 rings (SSSR count). The van der Waals surface area contributed by atoms with Gasteiger partial charge >= 0.3 is 0 Å². The topological polar surface area (TPSA) is 46.6 Å². The molecule has 15 heavy (non-hydrogen) atoms. The number of amides is 2. The molecule has 78 valence electrons. The van der Waals surface area contributed by atoms with Gasteiger partial charge in [-0.05, 0) is 5.56 Å². The fraction of sp³-hybridized carbons (Fsp3) is 0.273. The number of hydrogen-bond donors (Lipinski definition) is 0. The summed E-state index contributed by atoms with van der Waals surface area (Å²) in [6, 6.07) is 9.42. The number of benzene rings is 1. The summed E-state index contributed by atoms with van der Waals surface area (Å²) in [5.74, 6) is -0.537. The molecule has 1 fully saturated rings. The highest BCUT2D eigenvalue weighted by Gasteiger charge is 2.26. The predicted molar refractivity (Wildman–Crippen MR) is 52.8 cm³/mol. The smallest absolute Gasteiger partial charge is 0.255 e. The Morgan fingerprint density at radius 3 is 2.27 bits per heavy atom. The van der Waals surface area contributed by atoms with Gasteiger partial charge in [0, 0.05) is 0 Å². The summed E-state index contributed by atoms with van der Waals surface area (Å²) < 4.78 is 4.82. The first kappa shape index (κ1) is 9.86. The molecule has 0 N–H and O–H groups in total. The zero-order chi connectivity index (χ0) is 10.7. The maximum Gasteiger partial charge on any atom is 0.255 e. The van der Waals surface area contributed by atoms with Crippen LogP contribution in [0, 0.1) is 0 Å². The molecule has 1 aliphatic rings. The molecule has 0 aliphatic carbocycles. The molecular formula is C11H11NO3. The first-order valence-electron chi connectivity index (χ1n) is 4.72. The Balaban J connectivity index is 2.10. The third-order valence-electron chi connectivity index (χ3n) is 2.24. The third-order valence-corrected chi connectivity index (χ3v) is 2.24. The normalized spacial score (nSPS) is 16.9. The predicted octanol–water partition coefficient (Wildman–Crippen LogP) is 0.572. The van der Waals surface area contributed by atoms with Gasteiger partial charge in [0.2, 0.25) is 0 Å². The molecule has 0 bridgehead atoms. The van der Waals surface area contributed by atoms with E-state index in [0.29, 0.717) is 6.54 Å². The summed E-state index contributed by atoms with van der Waals surface area (Å²) in [6.45, 7) is 0.332. The monoisotopic (exact) mass is 205 g/mol. The van der Waals surface area contributed by atoms with E-state index in [1.807, 2.05) is 30.3 Å². The van der Waals surface area contributed by atoms with E-state index in [1.54, 1.807) is 0 Å². The highest BCUT2D eigenvalue weighted by molar-refractivity contribution is 5.98. The Bertz CT molecular complexity index is 359. The number of morpholine rings is 1. The molecule has 1 aliphatic heterocycles. The lowest BCUT2D eigenvalue weighted by molar-refractivity contribution is -0.159. The minimum absolute atomic E-state index is 0.00142. The molecule has 0 radical (unpaired) electrons. The maximum absolute atomic E-state index is 11.4. The van der Waals surface area contributed by atoms with E-state index in [4.69, 9.17) is 4.74 Å². The zero-order valence-electron chi connectivity index (χ0n) is 8.18. The Morgan fingerprint density at radius 2 is 1.67 bits per heavy atom. The van der Waals surface area contributed by atoms with E-state index >= 15 is 0 Å². The molecule has 0 aromatic heterocycles. The van der Waals surface area contributed by atoms with Crippen LogP contribution in [-0.2, 0) is 20.9 Å². The highest BCUT2D eigenvalue weighted by Crippen LogP contribution is 2.08. The van der Waals surface area contributed by atoms with E-state index in [0.717, 1.165) is 5.56 Å². The van der Waals surface area contributed by atoms with Crippen LogP contribution in [-0.4, -0.2) is 29.9 Å². The van der Waals surface area contributed by atoms with Crippen LogP contribution in [0.2, 0.25) is 0 Å². The van der Waals surface area contributed by atoms with Gasteiger partial charge in [-0.1, -0.05) is 30.3 Å². The second kappa shape index (κ2) is 4.23. The molecule has 1 saturated heterocycles. The minimum atomic E-state index is -0.268. The van der Waals surface area contributed by atoms with Crippen molar-refractivity contribution >= 4 is 11.8 Å². The first-order valence-corrected chi connectivity index (χ1v) is 4.72. The number of imide groups is 1. The minimum Gasteiger partial charge on any atom is -0.362 e. The summed E-state index contributed by atoms with van der Waals surface area (Å²) in [5.41, 5.74) is 0.945. The van der Waals surface area contributed by atoms with Crippen LogP contribution in [0.4, 0.5) is 0 Å². The Kier molecular flexibility index (Phi) is 2.78. The van der Waals surface area contributed by atoms with Gasteiger partial charge in [-0.2, -0.15) is 0 Å². The molecule has 2 amide bonds. The second-order valence-corrected chi connectivity index (χ2v) is 3.35. The van der Waals surface area contributed by atoms with Gasteiger partial charge in [0.15, 0.2) is 0 Å². The van der Waals surface area contributed by atoms with Crippen LogP contribution >= 0.6 is 0 Å². The van der Waals surface area contributed by atoms with Crippen molar-refractivity contribution in [1.82, 2.24) is 4.90 Å². The van der Waals surface area contributed by atoms with Crippen molar-refractivity contribution in [2.45, 2.75) is 6.54 Å². The van der Waals surface area contributed by atoms with Crippen LogP contribution in [0.5, 0.6) is 0 Å². The van der Waals surface area contributed by atoms with E-state index in [1.165, 1.54) is 4.90 Å². The van der Waals surface area contributed by atoms with Gasteiger partial charge in [-0.15, -0.1) is 0 Å². The number of hydrogen-bond acceptors (Lipinski definition) is 3. The average molecular weight is 205 g/mol. The quantitative estimate of drug-likeness (QED) is 0.663. The lowest BCUT2D eigenvalue weighted by Crippen LogP contribution is -2.45. The molecule has 1 aromatic carbocycles. The second-order valence-electron chi connectivity index (χ2n) is 3.35. The number of rotatable bonds is 2. The lowest BCUT2D eigenvalue weighted by Gasteiger charge is -2.24. The van der Waals surface area contributed by atoms with E-state index in [2.05, 4.69) is 0 Å². The molecule has 0 unspecified atom stereocenters. The number of nitrogens with zero attached hydrogens (tertiary/aromatic N) is 1. The van der Waals surface area contributed by atoms with Crippen LogP contribution in [0.25, 0.3) is 0 Å². The zero-order valence-corrected chi connectivity index (χ0v) is 8.18. The van der Waals surface area contributed by atoms with Crippen molar-refractivity contribution < 1.29 is 14.3 Å². The van der Waals surface area contributed by atoms with Crippen LogP contribution < -0.4 is 0 Å². The van der Waals surface area contributed by atoms with Crippen molar-refractivity contribution in [3.05, 3.63) is 35.9 Å². The van der Waals surface area contributed by atoms with Crippen LogP contribution in [0.1, 0.15) is 5.56 Å². The van der Waals surface area contributed by atoms with Crippen LogP contribution in [0.15, 0.2) is 30.3 Å². The van der Waals surface area contributed by atoms with Crippen LogP contribution in [0.3, 0.4) is 0 Å². The molecular weight excluding hydrogens is 194 g/mol. The van der Waals surface area contributed by atoms with Gasteiger partial charge in [0.1, 0.15) is 13.2 Å². The first-order chi connectivity index (χ1) is 7.27. The lowest BCUT2D eigenvalue weighted by atomic mass is 10.2. The van der Waals surface area contributed by atoms with Gasteiger partial charge in [-0.3, -0.25) is 14.5 Å². The van der Waals surface area contributed by atoms with Crippen molar-refractivity contribution in [2.75, 3.05) is 13.2 Å². The molecule has 4 nitrogen and oxygen atoms in total. The SMILES string of the molecule is O=C1COCC(=O)N1Cc1ccccc1. The summed E-state index contributed by atoms with van der Waals surface area (Å²) in [6.07, 6.45) is 0. The summed E-state index contributed by atoms with van der Waals surface area (Å²) >= 11 is 0. The molecule has 0 atom stereocenters. The standard InChI is InChI=1S/C11H11NO3/c13-10-7-15-8-11(14)12(10)6-9-4-2-1-3-5-9/h1-5H,6-8H2. The molecule has 0 saturated carbocycles. The van der Waals surface area contributed by atoms with Gasteiger partial charge < -0.3 is 4.74 Å². The number of ether oxygens (including phenoxy) is 1. The van der Waals surface area contributed by atoms with Gasteiger partial charge in [0.05, 0.1) is 6.54 Å². The van der Waals surface area contributed by atoms with E-state index in [-0.39, 0.29) is 25.0 Å². The summed E-state index contributed by atoms with van der Waals surface area (Å²) in [4.78, 5) is 24.0. The number of carbonyl (C=O) groups excluding carboxylic acids is 2. The van der Waals surface area contributed by atoms with Crippen molar-refractivity contribution in [2.24, 2.45) is 0 Å². The number of carbonyl (C=O) groups is 2. The Morgan fingerprint density at radius 1 is 1.07 bits per heavy atom. The Labute approximate surface area is 87.4 Å². The van der Waals surface area contributed by atoms with Crippen molar-refractivity contribution in [1.29, 1.82) is 0 Å². The largest absolute Gasteiger partial charge is 0.362 e. The molecule has 1 heterocycles. The van der Waals surface area contributed by atoms with E-state index < -0.39 is 0 Å². The van der Waals surface area contributed by atoms with Gasteiger partial charge in [0.25, 0.3) is 11.8 Å². The van der Waals surface area contributed by atoms with Crippen molar-refractivity contribution in [3.63, 3.8) is 0 Å². The highest BCUT2D eigenvalue weighted by atomic mass is 16.5.